The van der Waals surface area contributed by atoms with Crippen molar-refractivity contribution >= 4 is 5.97 Å². The summed E-state index contributed by atoms with van der Waals surface area (Å²) in [5, 5.41) is 0. The second-order valence-electron chi connectivity index (χ2n) is 10.2. The van der Waals surface area contributed by atoms with Crippen LogP contribution in [0, 0.1) is 0 Å². The molecular formula is C31H60O2. The van der Waals surface area contributed by atoms with E-state index in [2.05, 4.69) is 13.5 Å². The maximum atomic E-state index is 11.4. The van der Waals surface area contributed by atoms with Gasteiger partial charge in [-0.3, -0.25) is 4.79 Å². The Bertz CT molecular complexity index is 390. The molecule has 2 heteroatoms. The van der Waals surface area contributed by atoms with Gasteiger partial charge in [0.05, 0.1) is 0 Å². The molecule has 0 radical (unpaired) electrons. The summed E-state index contributed by atoms with van der Waals surface area (Å²) in [5.74, 6) is -0.0796. The van der Waals surface area contributed by atoms with Gasteiger partial charge in [0.25, 0.3) is 0 Å². The zero-order valence-electron chi connectivity index (χ0n) is 22.7. The summed E-state index contributed by atoms with van der Waals surface area (Å²) in [6, 6.07) is 0. The molecule has 0 bridgehead atoms. The Morgan fingerprint density at radius 3 is 1.06 bits per heavy atom. The average Bonchev–Trinajstić information content (AvgIpc) is 2.82. The van der Waals surface area contributed by atoms with Crippen molar-refractivity contribution in [3.63, 3.8) is 0 Å². The summed E-state index contributed by atoms with van der Waals surface area (Å²) in [6.45, 7) is 6.20. The van der Waals surface area contributed by atoms with Gasteiger partial charge in [-0.25, -0.2) is 0 Å². The molecule has 2 nitrogen and oxygen atoms in total. The first-order chi connectivity index (χ1) is 16.3. The summed E-state index contributed by atoms with van der Waals surface area (Å²) in [6.07, 6.45) is 37.2. The molecule has 0 fully saturated rings. The summed E-state index contributed by atoms with van der Waals surface area (Å²) in [5.41, 5.74) is 0. The Morgan fingerprint density at radius 2 is 0.788 bits per heavy atom. The Kier molecular flexibility index (Phi) is 28.5. The van der Waals surface area contributed by atoms with Crippen LogP contribution in [0.25, 0.3) is 0 Å². The average molecular weight is 465 g/mol. The molecule has 0 heterocycles. The van der Waals surface area contributed by atoms with Crippen molar-refractivity contribution in [2.45, 2.75) is 174 Å². The third-order valence-corrected chi connectivity index (χ3v) is 6.85. The van der Waals surface area contributed by atoms with Crippen LogP contribution in [0.4, 0.5) is 0 Å². The number of ether oxygens (including phenoxy) is 1. The summed E-state index contributed by atoms with van der Waals surface area (Å²) in [4.78, 5) is 11.4. The van der Waals surface area contributed by atoms with Crippen LogP contribution in [0.5, 0.6) is 0 Å². The van der Waals surface area contributed by atoms with Crippen molar-refractivity contribution < 1.29 is 9.53 Å². The van der Waals surface area contributed by atoms with Gasteiger partial charge < -0.3 is 4.74 Å². The van der Waals surface area contributed by atoms with Crippen molar-refractivity contribution in [1.29, 1.82) is 0 Å². The number of carbonyl (C=O) groups is 1. The Labute approximate surface area is 208 Å². The van der Waals surface area contributed by atoms with E-state index in [-0.39, 0.29) is 5.97 Å². The highest BCUT2D eigenvalue weighted by Gasteiger charge is 2.01. The number of rotatable bonds is 28. The summed E-state index contributed by atoms with van der Waals surface area (Å²) in [7, 11) is 0. The van der Waals surface area contributed by atoms with E-state index in [1.165, 1.54) is 148 Å². The Hall–Kier alpha value is -0.790. The van der Waals surface area contributed by atoms with Crippen LogP contribution in [0.2, 0.25) is 0 Å². The first-order valence-corrected chi connectivity index (χ1v) is 15.1. The fourth-order valence-corrected chi connectivity index (χ4v) is 4.63. The largest absolute Gasteiger partial charge is 0.461 e. The lowest BCUT2D eigenvalue weighted by Crippen LogP contribution is -2.03. The molecule has 0 aromatic carbocycles. The number of carbonyl (C=O) groups excluding carboxylic acids is 1. The molecule has 0 spiro atoms. The Balaban J connectivity index is 3.05. The molecule has 0 amide bonds. The van der Waals surface area contributed by atoms with Crippen molar-refractivity contribution in [2.75, 3.05) is 6.61 Å². The van der Waals surface area contributed by atoms with E-state index in [4.69, 9.17) is 4.74 Å². The molecule has 0 saturated heterocycles. The highest BCUT2D eigenvalue weighted by atomic mass is 16.5. The van der Waals surface area contributed by atoms with Gasteiger partial charge in [-0.15, -0.1) is 0 Å². The highest BCUT2D eigenvalue weighted by Crippen LogP contribution is 2.16. The standard InChI is InChI=1S/C31H60O2/c1-3-5-6-7-8-9-10-11-12-13-14-15-16-17-18-19-20-21-22-23-24-25-26-27-28-29-31(32)33-30-4-2/h4H,2-3,5-30H2,1H3. The van der Waals surface area contributed by atoms with Crippen molar-refractivity contribution in [2.24, 2.45) is 0 Å². The number of hydrogen-bond acceptors (Lipinski definition) is 2. The van der Waals surface area contributed by atoms with Crippen LogP contribution in [0.3, 0.4) is 0 Å². The van der Waals surface area contributed by atoms with Gasteiger partial charge in [0, 0.05) is 6.42 Å². The van der Waals surface area contributed by atoms with Gasteiger partial charge in [0.15, 0.2) is 0 Å². The van der Waals surface area contributed by atoms with Gasteiger partial charge in [-0.2, -0.15) is 0 Å². The lowest BCUT2D eigenvalue weighted by atomic mass is 10.0. The van der Waals surface area contributed by atoms with Crippen LogP contribution >= 0.6 is 0 Å². The zero-order valence-corrected chi connectivity index (χ0v) is 22.7. The quantitative estimate of drug-likeness (QED) is 0.0653. The molecule has 0 N–H and O–H groups in total. The van der Waals surface area contributed by atoms with E-state index in [0.29, 0.717) is 13.0 Å². The number of hydrogen-bond donors (Lipinski definition) is 0. The SMILES string of the molecule is C=CCOC(=O)CCCCCCCCCCCCCCCCCCCCCCCCCCC. The fraction of sp³-hybridized carbons (Fsp3) is 0.903. The molecule has 0 atom stereocenters. The Morgan fingerprint density at radius 1 is 0.515 bits per heavy atom. The topological polar surface area (TPSA) is 26.3 Å². The molecule has 0 unspecified atom stereocenters. The third-order valence-electron chi connectivity index (χ3n) is 6.85. The minimum absolute atomic E-state index is 0.0796. The minimum Gasteiger partial charge on any atom is -0.461 e. The number of esters is 1. The summed E-state index contributed by atoms with van der Waals surface area (Å²) >= 11 is 0. The number of unbranched alkanes of at least 4 members (excludes halogenated alkanes) is 24. The molecule has 33 heavy (non-hydrogen) atoms. The predicted molar refractivity (Wildman–Crippen MR) is 147 cm³/mol. The van der Waals surface area contributed by atoms with Crippen molar-refractivity contribution in [3.8, 4) is 0 Å². The smallest absolute Gasteiger partial charge is 0.306 e. The minimum atomic E-state index is -0.0796. The van der Waals surface area contributed by atoms with Crippen molar-refractivity contribution in [3.05, 3.63) is 12.7 Å². The molecule has 0 aliphatic rings. The molecule has 0 saturated carbocycles. The fourth-order valence-electron chi connectivity index (χ4n) is 4.63. The van der Waals surface area contributed by atoms with E-state index in [1.807, 2.05) is 0 Å². The second-order valence-corrected chi connectivity index (χ2v) is 10.2. The predicted octanol–water partition coefficient (Wildman–Crippen LogP) is 10.9. The molecular weight excluding hydrogens is 404 g/mol. The molecule has 0 aliphatic carbocycles. The molecule has 0 rings (SSSR count). The normalized spacial score (nSPS) is 11.1. The summed E-state index contributed by atoms with van der Waals surface area (Å²) < 4.78 is 4.99. The molecule has 0 aromatic rings. The van der Waals surface area contributed by atoms with Crippen LogP contribution in [0.15, 0.2) is 12.7 Å². The van der Waals surface area contributed by atoms with E-state index in [9.17, 15) is 4.79 Å². The van der Waals surface area contributed by atoms with Gasteiger partial charge >= 0.3 is 5.97 Å². The van der Waals surface area contributed by atoms with Crippen LogP contribution < -0.4 is 0 Å². The first kappa shape index (κ1) is 32.2. The zero-order chi connectivity index (χ0) is 24.1. The second kappa shape index (κ2) is 29.2. The van der Waals surface area contributed by atoms with E-state index in [1.54, 1.807) is 6.08 Å². The maximum absolute atomic E-state index is 11.4. The van der Waals surface area contributed by atoms with Crippen LogP contribution in [0.1, 0.15) is 174 Å². The lowest BCUT2D eigenvalue weighted by molar-refractivity contribution is -0.142. The van der Waals surface area contributed by atoms with Gasteiger partial charge in [-0.1, -0.05) is 174 Å². The van der Waals surface area contributed by atoms with Gasteiger partial charge in [-0.05, 0) is 6.42 Å². The van der Waals surface area contributed by atoms with E-state index < -0.39 is 0 Å². The van der Waals surface area contributed by atoms with E-state index in [0.717, 1.165) is 12.8 Å². The lowest BCUT2D eigenvalue weighted by Gasteiger charge is -2.04. The van der Waals surface area contributed by atoms with E-state index >= 15 is 0 Å². The highest BCUT2D eigenvalue weighted by molar-refractivity contribution is 5.69. The third kappa shape index (κ3) is 29.2. The molecule has 196 valence electrons. The maximum Gasteiger partial charge on any atom is 0.306 e. The first-order valence-electron chi connectivity index (χ1n) is 15.1. The molecule has 0 aromatic heterocycles. The van der Waals surface area contributed by atoms with Crippen LogP contribution in [-0.4, -0.2) is 12.6 Å². The van der Waals surface area contributed by atoms with Gasteiger partial charge in [0.1, 0.15) is 6.61 Å². The van der Waals surface area contributed by atoms with Crippen LogP contribution in [-0.2, 0) is 9.53 Å². The molecule has 0 aliphatic heterocycles. The monoisotopic (exact) mass is 464 g/mol. The van der Waals surface area contributed by atoms with Gasteiger partial charge in [0.2, 0.25) is 0 Å². The van der Waals surface area contributed by atoms with Crippen molar-refractivity contribution in [1.82, 2.24) is 0 Å².